The average molecular weight is 491 g/mol. The Kier molecular flexibility index (Phi) is 7.24. The number of rotatable bonds is 8. The fourth-order valence-corrected chi connectivity index (χ4v) is 4.80. The summed E-state index contributed by atoms with van der Waals surface area (Å²) in [6.07, 6.45) is 0. The molecule has 0 atom stereocenters. The Morgan fingerprint density at radius 2 is 1.47 bits per heavy atom. The second-order valence-corrected chi connectivity index (χ2v) is 9.36. The molecule has 0 unspecified atom stereocenters. The van der Waals surface area contributed by atoms with Crippen molar-refractivity contribution in [2.24, 2.45) is 5.10 Å². The fraction of sp³-hybridized carbons (Fsp3) is 0.100. The van der Waals surface area contributed by atoms with Crippen LogP contribution in [0.3, 0.4) is 0 Å². The van der Waals surface area contributed by atoms with Gasteiger partial charge in [0.15, 0.2) is 5.16 Å². The number of para-hydroxylation sites is 2. The number of imidazole rings is 1. The number of benzene rings is 4. The van der Waals surface area contributed by atoms with E-state index in [2.05, 4.69) is 57.6 Å². The van der Waals surface area contributed by atoms with Gasteiger partial charge in [-0.3, -0.25) is 4.79 Å². The Labute approximate surface area is 214 Å². The van der Waals surface area contributed by atoms with Gasteiger partial charge < -0.3 is 4.57 Å². The van der Waals surface area contributed by atoms with Gasteiger partial charge in [-0.25, -0.2) is 10.4 Å². The number of amides is 1. The summed E-state index contributed by atoms with van der Waals surface area (Å²) in [6, 6.07) is 36.7. The molecular formula is C30H26N4OS. The van der Waals surface area contributed by atoms with Crippen LogP contribution in [0.2, 0.25) is 0 Å². The lowest BCUT2D eigenvalue weighted by molar-refractivity contribution is -0.118. The minimum Gasteiger partial charge on any atom is -0.314 e. The Balaban J connectivity index is 1.24. The third kappa shape index (κ3) is 5.56. The van der Waals surface area contributed by atoms with Crippen LogP contribution in [-0.4, -0.2) is 26.9 Å². The number of hydrazone groups is 1. The van der Waals surface area contributed by atoms with E-state index in [0.29, 0.717) is 6.54 Å². The van der Waals surface area contributed by atoms with Crippen LogP contribution in [0.4, 0.5) is 0 Å². The maximum absolute atomic E-state index is 12.6. The molecule has 0 spiro atoms. The molecule has 0 aliphatic heterocycles. The molecule has 5 rings (SSSR count). The third-order valence-corrected chi connectivity index (χ3v) is 6.87. The van der Waals surface area contributed by atoms with Crippen LogP contribution < -0.4 is 5.43 Å². The van der Waals surface area contributed by atoms with Crippen molar-refractivity contribution in [2.75, 3.05) is 5.75 Å². The molecule has 0 fully saturated rings. The lowest BCUT2D eigenvalue weighted by atomic mass is 10.0. The number of thioether (sulfide) groups is 1. The summed E-state index contributed by atoms with van der Waals surface area (Å²) in [5.41, 5.74) is 9.88. The van der Waals surface area contributed by atoms with Gasteiger partial charge in [-0.15, -0.1) is 0 Å². The summed E-state index contributed by atoms with van der Waals surface area (Å²) >= 11 is 1.42. The first-order valence-electron chi connectivity index (χ1n) is 11.8. The van der Waals surface area contributed by atoms with Crippen LogP contribution in [0, 0.1) is 0 Å². The quantitative estimate of drug-likeness (QED) is 0.156. The van der Waals surface area contributed by atoms with E-state index in [0.717, 1.165) is 33.0 Å². The van der Waals surface area contributed by atoms with Gasteiger partial charge in [-0.05, 0) is 41.3 Å². The maximum atomic E-state index is 12.6. The topological polar surface area (TPSA) is 59.3 Å². The molecule has 0 saturated carbocycles. The molecule has 1 heterocycles. The number of hydrogen-bond acceptors (Lipinski definition) is 4. The van der Waals surface area contributed by atoms with Crippen LogP contribution in [0.25, 0.3) is 22.2 Å². The van der Waals surface area contributed by atoms with Gasteiger partial charge >= 0.3 is 0 Å². The molecule has 5 nitrogen and oxygen atoms in total. The van der Waals surface area contributed by atoms with Crippen molar-refractivity contribution in [1.29, 1.82) is 0 Å². The van der Waals surface area contributed by atoms with Crippen molar-refractivity contribution in [3.63, 3.8) is 0 Å². The van der Waals surface area contributed by atoms with Crippen molar-refractivity contribution < 1.29 is 4.79 Å². The molecule has 1 aromatic heterocycles. The standard InChI is InChI=1S/C30H26N4OS/c1-22(24-16-18-26(19-17-24)25-12-6-3-7-13-25)32-33-29(35)21-36-30-31-27-14-8-9-15-28(27)34(30)20-23-10-4-2-5-11-23/h2-19H,20-21H2,1H3,(H,33,35)/b32-22+. The molecule has 0 bridgehead atoms. The van der Waals surface area contributed by atoms with Crippen LogP contribution >= 0.6 is 11.8 Å². The number of hydrogen-bond donors (Lipinski definition) is 1. The van der Waals surface area contributed by atoms with Gasteiger partial charge in [-0.1, -0.05) is 109 Å². The Bertz CT molecular complexity index is 1490. The van der Waals surface area contributed by atoms with Gasteiger partial charge in [0.05, 0.1) is 29.0 Å². The molecule has 178 valence electrons. The molecule has 0 saturated heterocycles. The Hall–Kier alpha value is -4.16. The zero-order chi connectivity index (χ0) is 24.7. The monoisotopic (exact) mass is 490 g/mol. The van der Waals surface area contributed by atoms with E-state index in [-0.39, 0.29) is 11.7 Å². The van der Waals surface area contributed by atoms with Crippen molar-refractivity contribution >= 4 is 34.4 Å². The fourth-order valence-electron chi connectivity index (χ4n) is 3.99. The summed E-state index contributed by atoms with van der Waals surface area (Å²) < 4.78 is 2.16. The lowest BCUT2D eigenvalue weighted by Gasteiger charge is -2.09. The van der Waals surface area contributed by atoms with E-state index in [1.807, 2.05) is 73.7 Å². The summed E-state index contributed by atoms with van der Waals surface area (Å²) in [4.78, 5) is 17.4. The molecule has 4 aromatic carbocycles. The van der Waals surface area contributed by atoms with E-state index in [4.69, 9.17) is 4.98 Å². The smallest absolute Gasteiger partial charge is 0.250 e. The largest absolute Gasteiger partial charge is 0.314 e. The second-order valence-electron chi connectivity index (χ2n) is 8.42. The summed E-state index contributed by atoms with van der Waals surface area (Å²) in [5, 5.41) is 5.13. The molecule has 1 N–H and O–H groups in total. The molecule has 1 amide bonds. The van der Waals surface area contributed by atoms with Crippen LogP contribution in [-0.2, 0) is 11.3 Å². The van der Waals surface area contributed by atoms with Crippen molar-refractivity contribution in [1.82, 2.24) is 15.0 Å². The zero-order valence-corrected chi connectivity index (χ0v) is 20.8. The lowest BCUT2D eigenvalue weighted by Crippen LogP contribution is -2.21. The molecule has 0 radical (unpaired) electrons. The van der Waals surface area contributed by atoms with Crippen LogP contribution in [0.15, 0.2) is 119 Å². The predicted molar refractivity (Wildman–Crippen MR) is 148 cm³/mol. The molecule has 0 aliphatic carbocycles. The van der Waals surface area contributed by atoms with E-state index in [9.17, 15) is 4.79 Å². The molecule has 6 heteroatoms. The van der Waals surface area contributed by atoms with E-state index in [1.54, 1.807) is 0 Å². The normalized spacial score (nSPS) is 11.5. The summed E-state index contributed by atoms with van der Waals surface area (Å²) in [5.74, 6) is 0.0561. The molecule has 0 aliphatic rings. The van der Waals surface area contributed by atoms with Crippen molar-refractivity contribution in [3.8, 4) is 11.1 Å². The summed E-state index contributed by atoms with van der Waals surface area (Å²) in [7, 11) is 0. The van der Waals surface area contributed by atoms with Crippen LogP contribution in [0.1, 0.15) is 18.1 Å². The SMILES string of the molecule is C/C(=N\NC(=O)CSc1nc2ccccc2n1Cc1ccccc1)c1ccc(-c2ccccc2)cc1. The predicted octanol–water partition coefficient (Wildman–Crippen LogP) is 6.38. The van der Waals surface area contributed by atoms with E-state index < -0.39 is 0 Å². The highest BCUT2D eigenvalue weighted by Crippen LogP contribution is 2.25. The highest BCUT2D eigenvalue weighted by Gasteiger charge is 2.13. The first-order chi connectivity index (χ1) is 17.7. The van der Waals surface area contributed by atoms with Crippen molar-refractivity contribution in [3.05, 3.63) is 120 Å². The second kappa shape index (κ2) is 11.1. The molecular weight excluding hydrogens is 464 g/mol. The van der Waals surface area contributed by atoms with E-state index >= 15 is 0 Å². The van der Waals surface area contributed by atoms with Gasteiger partial charge in [0.1, 0.15) is 0 Å². The number of carbonyl (C=O) groups excluding carboxylic acids is 1. The number of nitrogens with one attached hydrogen (secondary N) is 1. The van der Waals surface area contributed by atoms with Crippen LogP contribution in [0.5, 0.6) is 0 Å². The summed E-state index contributed by atoms with van der Waals surface area (Å²) in [6.45, 7) is 2.59. The molecule has 5 aromatic rings. The van der Waals surface area contributed by atoms with Gasteiger partial charge in [-0.2, -0.15) is 5.10 Å². The highest BCUT2D eigenvalue weighted by molar-refractivity contribution is 7.99. The van der Waals surface area contributed by atoms with Gasteiger partial charge in [0.2, 0.25) is 0 Å². The third-order valence-electron chi connectivity index (χ3n) is 5.89. The number of fused-ring (bicyclic) bond motifs is 1. The first-order valence-corrected chi connectivity index (χ1v) is 12.8. The van der Waals surface area contributed by atoms with Crippen molar-refractivity contribution in [2.45, 2.75) is 18.6 Å². The number of carbonyl (C=O) groups is 1. The number of aromatic nitrogens is 2. The number of nitrogens with zero attached hydrogens (tertiary/aromatic N) is 3. The Morgan fingerprint density at radius 1 is 0.833 bits per heavy atom. The Morgan fingerprint density at radius 3 is 2.22 bits per heavy atom. The maximum Gasteiger partial charge on any atom is 0.250 e. The zero-order valence-electron chi connectivity index (χ0n) is 20.0. The molecule has 36 heavy (non-hydrogen) atoms. The average Bonchev–Trinajstić information content (AvgIpc) is 3.29. The van der Waals surface area contributed by atoms with Gasteiger partial charge in [0, 0.05) is 0 Å². The highest BCUT2D eigenvalue weighted by atomic mass is 32.2. The van der Waals surface area contributed by atoms with E-state index in [1.165, 1.54) is 22.9 Å². The minimum atomic E-state index is -0.168. The van der Waals surface area contributed by atoms with Gasteiger partial charge in [0.25, 0.3) is 5.91 Å². The minimum absolute atomic E-state index is 0.168. The first kappa shape index (κ1) is 23.6.